The second kappa shape index (κ2) is 10.0. The van der Waals surface area contributed by atoms with Gasteiger partial charge in [-0.2, -0.15) is 22.6 Å². The molecule has 1 aromatic carbocycles. The summed E-state index contributed by atoms with van der Waals surface area (Å²) < 4.78 is 69.1. The topological polar surface area (TPSA) is 125 Å². The van der Waals surface area contributed by atoms with Gasteiger partial charge in [0.25, 0.3) is 5.91 Å². The summed E-state index contributed by atoms with van der Waals surface area (Å²) >= 11 is 0. The molecule has 0 atom stereocenters. The highest BCUT2D eigenvalue weighted by atomic mass is 32.2. The average Bonchev–Trinajstić information content (AvgIpc) is 3.28. The molecule has 2 aromatic heterocycles. The van der Waals surface area contributed by atoms with Gasteiger partial charge in [-0.25, -0.2) is 17.7 Å². The second-order valence-corrected chi connectivity index (χ2v) is 10.4. The van der Waals surface area contributed by atoms with Crippen LogP contribution in [0, 0.1) is 0 Å². The number of piperidine rings is 1. The summed E-state index contributed by atoms with van der Waals surface area (Å²) in [6.45, 7) is 0.428. The molecule has 0 bridgehead atoms. The Morgan fingerprint density at radius 3 is 2.24 bits per heavy atom. The van der Waals surface area contributed by atoms with E-state index in [1.807, 2.05) is 0 Å². The monoisotopic (exact) mass is 538 g/mol. The lowest BCUT2D eigenvalue weighted by molar-refractivity contribution is -0.141. The van der Waals surface area contributed by atoms with Crippen molar-refractivity contribution in [1.82, 2.24) is 24.6 Å². The zero-order valence-corrected chi connectivity index (χ0v) is 20.8. The first kappa shape index (κ1) is 26.4. The SMILES string of the molecule is CNC(=O)Nc1ccc(S(=O)(=O)N2CCC(c3ccn4nc(C(F)(F)F)c(C(=O)NC)c4c3)CC2)cc1. The minimum Gasteiger partial charge on any atom is -0.355 e. The summed E-state index contributed by atoms with van der Waals surface area (Å²) in [6, 6.07) is 8.55. The van der Waals surface area contributed by atoms with Gasteiger partial charge in [0.1, 0.15) is 0 Å². The number of amides is 3. The average molecular weight is 539 g/mol. The Labute approximate surface area is 210 Å². The minimum absolute atomic E-state index is 0.0321. The standard InChI is InChI=1S/C23H25F3N6O4S/c1-27-21(33)19-18-13-15(9-12-32(18)30-20(19)23(24,25)26)14-7-10-31(11-8-14)37(35,36)17-5-3-16(4-6-17)29-22(34)28-2/h3-6,9,12-14H,7-8,10-11H2,1-2H3,(H,27,33)(H2,28,29,34). The summed E-state index contributed by atoms with van der Waals surface area (Å²) in [4.78, 5) is 23.8. The van der Waals surface area contributed by atoms with Crippen LogP contribution in [0.15, 0.2) is 47.5 Å². The summed E-state index contributed by atoms with van der Waals surface area (Å²) in [5, 5.41) is 10.8. The number of sulfonamides is 1. The zero-order valence-electron chi connectivity index (χ0n) is 20.0. The number of nitrogens with one attached hydrogen (secondary N) is 3. The number of carbonyl (C=O) groups excluding carboxylic acids is 2. The van der Waals surface area contributed by atoms with E-state index in [2.05, 4.69) is 21.0 Å². The number of nitrogens with zero attached hydrogens (tertiary/aromatic N) is 3. The second-order valence-electron chi connectivity index (χ2n) is 8.50. The van der Waals surface area contributed by atoms with Gasteiger partial charge in [0.2, 0.25) is 10.0 Å². The number of fused-ring (bicyclic) bond motifs is 1. The Bertz CT molecular complexity index is 1430. The fourth-order valence-electron chi connectivity index (χ4n) is 4.35. The smallest absolute Gasteiger partial charge is 0.355 e. The summed E-state index contributed by atoms with van der Waals surface area (Å²) in [6.07, 6.45) is -2.53. The van der Waals surface area contributed by atoms with E-state index in [1.54, 1.807) is 6.07 Å². The quantitative estimate of drug-likeness (QED) is 0.461. The molecule has 4 rings (SSSR count). The van der Waals surface area contributed by atoms with Gasteiger partial charge in [-0.05, 0) is 60.7 Å². The van der Waals surface area contributed by atoms with Crippen molar-refractivity contribution in [2.45, 2.75) is 29.8 Å². The predicted molar refractivity (Wildman–Crippen MR) is 129 cm³/mol. The Hall–Kier alpha value is -3.65. The Morgan fingerprint density at radius 1 is 1.03 bits per heavy atom. The van der Waals surface area contributed by atoms with Crippen molar-refractivity contribution in [3.8, 4) is 0 Å². The molecule has 3 amide bonds. The molecular formula is C23H25F3N6O4S. The number of hydrogen-bond acceptors (Lipinski definition) is 5. The van der Waals surface area contributed by atoms with E-state index in [9.17, 15) is 31.2 Å². The highest BCUT2D eigenvalue weighted by molar-refractivity contribution is 7.89. The van der Waals surface area contributed by atoms with Crippen molar-refractivity contribution in [3.63, 3.8) is 0 Å². The Balaban J connectivity index is 1.52. The van der Waals surface area contributed by atoms with Crippen molar-refractivity contribution in [1.29, 1.82) is 0 Å². The van der Waals surface area contributed by atoms with Gasteiger partial charge in [0, 0.05) is 39.1 Å². The number of halogens is 3. The molecule has 0 radical (unpaired) electrons. The normalized spacial score (nSPS) is 15.5. The number of urea groups is 1. The molecule has 37 heavy (non-hydrogen) atoms. The predicted octanol–water partition coefficient (Wildman–Crippen LogP) is 3.03. The molecule has 1 saturated heterocycles. The number of pyridine rings is 1. The maximum Gasteiger partial charge on any atom is 0.436 e. The molecule has 0 unspecified atom stereocenters. The van der Waals surface area contributed by atoms with E-state index in [0.717, 1.165) is 4.52 Å². The zero-order chi connectivity index (χ0) is 27.0. The molecule has 3 heterocycles. The lowest BCUT2D eigenvalue weighted by Gasteiger charge is -2.31. The van der Waals surface area contributed by atoms with E-state index in [4.69, 9.17) is 0 Å². The first-order chi connectivity index (χ1) is 17.5. The van der Waals surface area contributed by atoms with Crippen molar-refractivity contribution < 1.29 is 31.2 Å². The minimum atomic E-state index is -4.80. The highest BCUT2D eigenvalue weighted by Crippen LogP contribution is 2.36. The van der Waals surface area contributed by atoms with E-state index < -0.39 is 39.4 Å². The fraction of sp³-hybridized carbons (Fsp3) is 0.348. The first-order valence-electron chi connectivity index (χ1n) is 11.4. The van der Waals surface area contributed by atoms with Crippen LogP contribution in [0.3, 0.4) is 0 Å². The van der Waals surface area contributed by atoms with Crippen molar-refractivity contribution in [3.05, 3.63) is 59.4 Å². The maximum absolute atomic E-state index is 13.5. The van der Waals surface area contributed by atoms with Crippen LogP contribution in [0.2, 0.25) is 0 Å². The number of alkyl halides is 3. The molecule has 3 N–H and O–H groups in total. The van der Waals surface area contributed by atoms with E-state index in [0.29, 0.717) is 24.1 Å². The molecule has 1 fully saturated rings. The van der Waals surface area contributed by atoms with E-state index >= 15 is 0 Å². The molecule has 0 spiro atoms. The number of hydrogen-bond donors (Lipinski definition) is 3. The molecular weight excluding hydrogens is 513 g/mol. The molecule has 14 heteroatoms. The highest BCUT2D eigenvalue weighted by Gasteiger charge is 2.40. The van der Waals surface area contributed by atoms with Crippen molar-refractivity contribution in [2.75, 3.05) is 32.5 Å². The van der Waals surface area contributed by atoms with Gasteiger partial charge in [0.05, 0.1) is 16.0 Å². The van der Waals surface area contributed by atoms with Crippen LogP contribution in [-0.2, 0) is 16.2 Å². The molecule has 1 aliphatic heterocycles. The first-order valence-corrected chi connectivity index (χ1v) is 12.8. The molecule has 3 aromatic rings. The van der Waals surface area contributed by atoms with Gasteiger partial charge in [-0.1, -0.05) is 0 Å². The van der Waals surface area contributed by atoms with Gasteiger partial charge in [0.15, 0.2) is 5.69 Å². The number of anilines is 1. The molecule has 0 saturated carbocycles. The summed E-state index contributed by atoms with van der Waals surface area (Å²) in [5.74, 6) is -1.01. The summed E-state index contributed by atoms with van der Waals surface area (Å²) in [7, 11) is -1.06. The lowest BCUT2D eigenvalue weighted by Crippen LogP contribution is -2.37. The van der Waals surface area contributed by atoms with Crippen LogP contribution in [-0.4, -0.2) is 61.5 Å². The Morgan fingerprint density at radius 2 is 1.68 bits per heavy atom. The van der Waals surface area contributed by atoms with Crippen molar-refractivity contribution in [2.24, 2.45) is 0 Å². The number of aromatic nitrogens is 2. The fourth-order valence-corrected chi connectivity index (χ4v) is 5.82. The third-order valence-electron chi connectivity index (χ3n) is 6.28. The van der Waals surface area contributed by atoms with Crippen molar-refractivity contribution >= 4 is 33.2 Å². The maximum atomic E-state index is 13.5. The van der Waals surface area contributed by atoms with Crippen LogP contribution in [0.5, 0.6) is 0 Å². The van der Waals surface area contributed by atoms with E-state index in [1.165, 1.54) is 54.9 Å². The largest absolute Gasteiger partial charge is 0.436 e. The number of rotatable bonds is 5. The van der Waals surface area contributed by atoms with Gasteiger partial charge in [-0.3, -0.25) is 4.79 Å². The third kappa shape index (κ3) is 5.25. The molecule has 0 aliphatic carbocycles. The van der Waals surface area contributed by atoms with E-state index in [-0.39, 0.29) is 29.4 Å². The van der Waals surface area contributed by atoms with Gasteiger partial charge >= 0.3 is 12.2 Å². The molecule has 1 aliphatic rings. The Kier molecular flexibility index (Phi) is 7.15. The van der Waals surface area contributed by atoms with Crippen LogP contribution in [0.4, 0.5) is 23.7 Å². The lowest BCUT2D eigenvalue weighted by atomic mass is 9.90. The molecule has 10 nitrogen and oxygen atoms in total. The number of benzene rings is 1. The van der Waals surface area contributed by atoms with Gasteiger partial charge < -0.3 is 16.0 Å². The van der Waals surface area contributed by atoms with Crippen LogP contribution >= 0.6 is 0 Å². The van der Waals surface area contributed by atoms with Crippen LogP contribution in [0.25, 0.3) is 5.52 Å². The molecule has 198 valence electrons. The number of carbonyl (C=O) groups is 2. The summed E-state index contributed by atoms with van der Waals surface area (Å²) in [5.41, 5.74) is -0.637. The van der Waals surface area contributed by atoms with Gasteiger partial charge in [-0.15, -0.1) is 0 Å². The van der Waals surface area contributed by atoms with Crippen LogP contribution < -0.4 is 16.0 Å². The third-order valence-corrected chi connectivity index (χ3v) is 8.20. The van der Waals surface area contributed by atoms with Crippen LogP contribution in [0.1, 0.15) is 40.4 Å².